The van der Waals surface area contributed by atoms with Crippen LogP contribution >= 0.6 is 12.0 Å². The van der Waals surface area contributed by atoms with Gasteiger partial charge in [0, 0.05) is 17.8 Å². The second-order valence-corrected chi connectivity index (χ2v) is 1.37. The number of rotatable bonds is 3. The molecule has 0 aromatic carbocycles. The van der Waals surface area contributed by atoms with E-state index in [1.165, 1.54) is 0 Å². The first kappa shape index (κ1) is 6.01. The van der Waals surface area contributed by atoms with E-state index in [2.05, 4.69) is 10.9 Å². The van der Waals surface area contributed by atoms with Gasteiger partial charge in [-0.05, 0) is 0 Å². The number of nitrogens with zero attached hydrogens (tertiary/aromatic N) is 1. The van der Waals surface area contributed by atoms with Crippen molar-refractivity contribution in [2.24, 2.45) is 0 Å². The third-order valence-electron chi connectivity index (χ3n) is 0.239. The summed E-state index contributed by atoms with van der Waals surface area (Å²) in [7, 11) is 0. The second kappa shape index (κ2) is 5.01. The molecule has 0 N–H and O–H groups in total. The molecule has 0 unspecified atom stereocenters. The maximum Gasteiger partial charge on any atom is 0.0543 e. The van der Waals surface area contributed by atoms with Crippen LogP contribution in [0.15, 0.2) is 12.7 Å². The summed E-state index contributed by atoms with van der Waals surface area (Å²) in [5.41, 5.74) is 0. The van der Waals surface area contributed by atoms with E-state index in [9.17, 15) is 0 Å². The highest BCUT2D eigenvalue weighted by Crippen LogP contribution is 1.95. The van der Waals surface area contributed by atoms with Crippen LogP contribution in [0.4, 0.5) is 0 Å². The van der Waals surface area contributed by atoms with Crippen LogP contribution in [0.5, 0.6) is 0 Å². The van der Waals surface area contributed by atoms with Gasteiger partial charge in [0.2, 0.25) is 0 Å². The smallest absolute Gasteiger partial charge is 0.0543 e. The van der Waals surface area contributed by atoms with Gasteiger partial charge in [0.05, 0.1) is 5.90 Å². The highest BCUT2D eigenvalue weighted by Gasteiger charge is 1.74. The van der Waals surface area contributed by atoms with E-state index in [0.29, 0.717) is 5.75 Å². The van der Waals surface area contributed by atoms with E-state index in [4.69, 9.17) is 5.90 Å². The zero-order chi connectivity index (χ0) is 4.83. The van der Waals surface area contributed by atoms with E-state index in [-0.39, 0.29) is 0 Å². The zero-order valence-electron chi connectivity index (χ0n) is 3.26. The van der Waals surface area contributed by atoms with Gasteiger partial charge in [-0.15, -0.1) is 6.58 Å². The number of hydrogen-bond acceptors (Lipinski definition) is 2. The summed E-state index contributed by atoms with van der Waals surface area (Å²) in [6.07, 6.45) is 1.64. The summed E-state index contributed by atoms with van der Waals surface area (Å²) in [5, 5.41) is 0. The van der Waals surface area contributed by atoms with Gasteiger partial charge in [-0.25, -0.2) is 0 Å². The minimum Gasteiger partial charge on any atom is -0.191 e. The summed E-state index contributed by atoms with van der Waals surface area (Å²) in [6.45, 7) is 3.39. The molecule has 0 heterocycles. The summed E-state index contributed by atoms with van der Waals surface area (Å²) in [5.74, 6) is 8.23. The lowest BCUT2D eigenvalue weighted by Gasteiger charge is -1.80. The highest BCUT2D eigenvalue weighted by atomic mass is 32.2. The first-order valence-electron chi connectivity index (χ1n) is 1.45. The first-order chi connectivity index (χ1) is 2.91. The van der Waals surface area contributed by atoms with Crippen molar-refractivity contribution < 1.29 is 4.28 Å². The van der Waals surface area contributed by atoms with Crippen molar-refractivity contribution >= 4 is 12.0 Å². The molecular formula is C3H5NOS. The van der Waals surface area contributed by atoms with Gasteiger partial charge < -0.3 is 0 Å². The fraction of sp³-hybridized carbons (Fsp3) is 0.333. The fourth-order valence-corrected chi connectivity index (χ4v) is 0.236. The summed E-state index contributed by atoms with van der Waals surface area (Å²) in [4.78, 5) is 0. The van der Waals surface area contributed by atoms with Gasteiger partial charge >= 0.3 is 0 Å². The lowest BCUT2D eigenvalue weighted by molar-refractivity contribution is 0.370. The Bertz CT molecular complexity index is 39.8. The van der Waals surface area contributed by atoms with Gasteiger partial charge in [0.1, 0.15) is 0 Å². The SMILES string of the molecule is C=CCSO[N]. The molecule has 0 amide bonds. The fourth-order valence-electron chi connectivity index (χ4n) is 0.0785. The molecule has 34 valence electrons. The third kappa shape index (κ3) is 4.01. The lowest BCUT2D eigenvalue weighted by Crippen LogP contribution is -1.71. The molecule has 0 bridgehead atoms. The molecule has 6 heavy (non-hydrogen) atoms. The molecule has 0 rings (SSSR count). The zero-order valence-corrected chi connectivity index (χ0v) is 4.07. The monoisotopic (exact) mass is 103 g/mol. The van der Waals surface area contributed by atoms with Crippen molar-refractivity contribution in [3.63, 3.8) is 0 Å². The molecule has 0 aliphatic rings. The normalized spacial score (nSPS) is 8.17. The predicted octanol–water partition coefficient (Wildman–Crippen LogP) is 0.821. The summed E-state index contributed by atoms with van der Waals surface area (Å²) >= 11 is 0.946. The predicted molar refractivity (Wildman–Crippen MR) is 25.9 cm³/mol. The van der Waals surface area contributed by atoms with Crippen molar-refractivity contribution in [2.75, 3.05) is 5.75 Å². The Labute approximate surface area is 41.5 Å². The van der Waals surface area contributed by atoms with E-state index in [1.807, 2.05) is 0 Å². The van der Waals surface area contributed by atoms with Crippen molar-refractivity contribution in [3.05, 3.63) is 12.7 Å². The van der Waals surface area contributed by atoms with Crippen LogP contribution in [-0.2, 0) is 4.28 Å². The highest BCUT2D eigenvalue weighted by molar-refractivity contribution is 7.94. The maximum absolute atomic E-state index is 7.61. The van der Waals surface area contributed by atoms with Gasteiger partial charge in [0.25, 0.3) is 0 Å². The van der Waals surface area contributed by atoms with E-state index < -0.39 is 0 Å². The molecule has 0 aromatic heterocycles. The molecule has 0 fully saturated rings. The Hall–Kier alpha value is 0.01000. The minimum absolute atomic E-state index is 0.622. The average molecular weight is 103 g/mol. The van der Waals surface area contributed by atoms with Gasteiger partial charge in [0.15, 0.2) is 0 Å². The first-order valence-corrected chi connectivity index (χ1v) is 2.37. The molecule has 0 aliphatic carbocycles. The molecule has 0 aromatic rings. The molecule has 0 aliphatic heterocycles. The molecule has 2 radical (unpaired) electrons. The van der Waals surface area contributed by atoms with Crippen LogP contribution in [-0.4, -0.2) is 5.75 Å². The molecule has 2 nitrogen and oxygen atoms in total. The largest absolute Gasteiger partial charge is 0.191 e. The van der Waals surface area contributed by atoms with Crippen LogP contribution in [0.1, 0.15) is 0 Å². The third-order valence-corrected chi connectivity index (χ3v) is 0.716. The van der Waals surface area contributed by atoms with Crippen molar-refractivity contribution in [1.29, 1.82) is 0 Å². The Morgan fingerprint density at radius 3 is 2.83 bits per heavy atom. The topological polar surface area (TPSA) is 31.5 Å². The van der Waals surface area contributed by atoms with Crippen LogP contribution in [0.25, 0.3) is 0 Å². The van der Waals surface area contributed by atoms with Crippen molar-refractivity contribution in [1.82, 2.24) is 5.90 Å². The number of hydrogen-bond donors (Lipinski definition) is 0. The quantitative estimate of drug-likeness (QED) is 0.229. The molecule has 0 spiro atoms. The van der Waals surface area contributed by atoms with Gasteiger partial charge in [-0.2, -0.15) is 4.28 Å². The molecule has 0 saturated heterocycles. The molecule has 0 saturated carbocycles. The van der Waals surface area contributed by atoms with Crippen LogP contribution < -0.4 is 5.90 Å². The van der Waals surface area contributed by atoms with Gasteiger partial charge in [-0.1, -0.05) is 6.08 Å². The standard InChI is InChI=1S/C3H5NOS/c1-2-3-6-5-4/h2H,1,3H2. The minimum atomic E-state index is 0.622. The Balaban J connectivity index is 2.49. The second-order valence-electron chi connectivity index (χ2n) is 0.648. The Kier molecular flexibility index (Phi) is 5.02. The average Bonchev–Trinajstić information content (AvgIpc) is 1.61. The van der Waals surface area contributed by atoms with E-state index in [0.717, 1.165) is 12.0 Å². The van der Waals surface area contributed by atoms with E-state index >= 15 is 0 Å². The van der Waals surface area contributed by atoms with E-state index in [1.54, 1.807) is 6.08 Å². The molecule has 3 heteroatoms. The maximum atomic E-state index is 7.61. The Morgan fingerprint density at radius 2 is 2.67 bits per heavy atom. The summed E-state index contributed by atoms with van der Waals surface area (Å²) < 4.78 is 3.63. The lowest BCUT2D eigenvalue weighted by atomic mass is 10.8. The summed E-state index contributed by atoms with van der Waals surface area (Å²) in [6, 6.07) is 0. The van der Waals surface area contributed by atoms with Gasteiger partial charge in [-0.3, -0.25) is 0 Å². The van der Waals surface area contributed by atoms with Crippen LogP contribution in [0, 0.1) is 0 Å². The van der Waals surface area contributed by atoms with Crippen LogP contribution in [0.2, 0.25) is 0 Å². The Morgan fingerprint density at radius 1 is 2.00 bits per heavy atom. The van der Waals surface area contributed by atoms with Crippen molar-refractivity contribution in [2.45, 2.75) is 0 Å². The molecule has 0 atom stereocenters. The molecular weight excluding hydrogens is 98.1 g/mol. The van der Waals surface area contributed by atoms with Crippen LogP contribution in [0.3, 0.4) is 0 Å². The van der Waals surface area contributed by atoms with Crippen molar-refractivity contribution in [3.8, 4) is 0 Å².